The maximum atomic E-state index is 11.2. The molecule has 1 atom stereocenters. The van der Waals surface area contributed by atoms with Crippen LogP contribution in [0.5, 0.6) is 5.88 Å². The minimum Gasteiger partial charge on any atom is -0.480 e. The fourth-order valence-corrected chi connectivity index (χ4v) is 2.26. The summed E-state index contributed by atoms with van der Waals surface area (Å²) in [7, 11) is 0.0491. The number of ether oxygens (including phenoxy) is 1. The number of hydrogen-bond donors (Lipinski definition) is 1. The third kappa shape index (κ3) is 3.42. The zero-order chi connectivity index (χ0) is 12.2. The lowest BCUT2D eigenvalue weighted by atomic mass is 10.2. The Morgan fingerprint density at radius 3 is 2.56 bits per heavy atom. The standard InChI is InChI=1S/C9H15N3O3S/c1-10-7(6-16(3,13)14)8-9(15-2)12-5-4-11-8/h4-5,7,10H,6H2,1-3H3. The van der Waals surface area contributed by atoms with Crippen LogP contribution in [0.15, 0.2) is 12.4 Å². The molecule has 1 unspecified atom stereocenters. The molecule has 0 aromatic carbocycles. The highest BCUT2D eigenvalue weighted by atomic mass is 32.2. The minimum absolute atomic E-state index is 0.0431. The average Bonchev–Trinajstić information content (AvgIpc) is 2.24. The molecule has 0 aliphatic heterocycles. The third-order valence-corrected chi connectivity index (χ3v) is 2.97. The molecule has 90 valence electrons. The molecule has 0 aliphatic carbocycles. The summed E-state index contributed by atoms with van der Waals surface area (Å²) in [4.78, 5) is 8.07. The van der Waals surface area contributed by atoms with Crippen molar-refractivity contribution < 1.29 is 13.2 Å². The zero-order valence-corrected chi connectivity index (χ0v) is 10.3. The average molecular weight is 245 g/mol. The van der Waals surface area contributed by atoms with Crippen LogP contribution in [0.25, 0.3) is 0 Å². The van der Waals surface area contributed by atoms with Crippen LogP contribution in [0, 0.1) is 0 Å². The Morgan fingerprint density at radius 2 is 2.06 bits per heavy atom. The van der Waals surface area contributed by atoms with Gasteiger partial charge in [-0.2, -0.15) is 0 Å². The first-order valence-corrected chi connectivity index (χ1v) is 6.74. The Labute approximate surface area is 95.0 Å². The SMILES string of the molecule is CNC(CS(C)(=O)=O)c1nccnc1OC. The number of rotatable bonds is 5. The molecule has 1 aromatic heterocycles. The molecule has 0 bridgehead atoms. The lowest BCUT2D eigenvalue weighted by Gasteiger charge is -2.15. The maximum Gasteiger partial charge on any atom is 0.237 e. The van der Waals surface area contributed by atoms with E-state index in [1.165, 1.54) is 25.8 Å². The fourth-order valence-electron chi connectivity index (χ4n) is 1.33. The van der Waals surface area contributed by atoms with E-state index in [9.17, 15) is 8.42 Å². The molecule has 1 N–H and O–H groups in total. The van der Waals surface area contributed by atoms with E-state index in [1.54, 1.807) is 7.05 Å². The summed E-state index contributed by atoms with van der Waals surface area (Å²) >= 11 is 0. The van der Waals surface area contributed by atoms with E-state index in [0.717, 1.165) is 0 Å². The van der Waals surface area contributed by atoms with Gasteiger partial charge < -0.3 is 10.1 Å². The third-order valence-electron chi connectivity index (χ3n) is 2.03. The van der Waals surface area contributed by atoms with Gasteiger partial charge >= 0.3 is 0 Å². The van der Waals surface area contributed by atoms with Gasteiger partial charge in [-0.1, -0.05) is 0 Å². The molecule has 1 aromatic rings. The Kier molecular flexibility index (Phi) is 4.19. The molecule has 0 radical (unpaired) electrons. The Morgan fingerprint density at radius 1 is 1.44 bits per heavy atom. The van der Waals surface area contributed by atoms with E-state index in [0.29, 0.717) is 11.6 Å². The predicted molar refractivity (Wildman–Crippen MR) is 60.1 cm³/mol. The van der Waals surface area contributed by atoms with Crippen molar-refractivity contribution in [3.8, 4) is 5.88 Å². The van der Waals surface area contributed by atoms with E-state index >= 15 is 0 Å². The van der Waals surface area contributed by atoms with Crippen LogP contribution < -0.4 is 10.1 Å². The predicted octanol–water partition coefficient (Wildman–Crippen LogP) is -0.210. The highest BCUT2D eigenvalue weighted by Gasteiger charge is 2.21. The van der Waals surface area contributed by atoms with E-state index in [4.69, 9.17) is 4.74 Å². The first kappa shape index (κ1) is 12.9. The largest absolute Gasteiger partial charge is 0.480 e. The highest BCUT2D eigenvalue weighted by molar-refractivity contribution is 7.90. The molecule has 0 saturated heterocycles. The second-order valence-corrected chi connectivity index (χ2v) is 5.57. The smallest absolute Gasteiger partial charge is 0.237 e. The molecule has 16 heavy (non-hydrogen) atoms. The van der Waals surface area contributed by atoms with E-state index < -0.39 is 15.9 Å². The van der Waals surface area contributed by atoms with Gasteiger partial charge in [-0.15, -0.1) is 0 Å². The highest BCUT2D eigenvalue weighted by Crippen LogP contribution is 2.20. The number of nitrogens with zero attached hydrogens (tertiary/aromatic N) is 2. The van der Waals surface area contributed by atoms with Crippen LogP contribution in [0.4, 0.5) is 0 Å². The fraction of sp³-hybridized carbons (Fsp3) is 0.556. The zero-order valence-electron chi connectivity index (χ0n) is 9.47. The van der Waals surface area contributed by atoms with Gasteiger partial charge in [0.25, 0.3) is 0 Å². The van der Waals surface area contributed by atoms with Gasteiger partial charge in [0, 0.05) is 18.6 Å². The second kappa shape index (κ2) is 5.22. The molecule has 1 rings (SSSR count). The van der Waals surface area contributed by atoms with Crippen LogP contribution in [0.1, 0.15) is 11.7 Å². The van der Waals surface area contributed by atoms with Gasteiger partial charge in [-0.05, 0) is 7.05 Å². The van der Waals surface area contributed by atoms with Gasteiger partial charge in [-0.3, -0.25) is 4.98 Å². The minimum atomic E-state index is -3.09. The van der Waals surface area contributed by atoms with E-state index in [2.05, 4.69) is 15.3 Å². The molecule has 0 spiro atoms. The molecular weight excluding hydrogens is 230 g/mol. The van der Waals surface area contributed by atoms with Gasteiger partial charge in [0.05, 0.1) is 18.9 Å². The lowest BCUT2D eigenvalue weighted by Crippen LogP contribution is -2.26. The summed E-state index contributed by atoms with van der Waals surface area (Å²) in [5.74, 6) is 0.295. The molecule has 0 saturated carbocycles. The van der Waals surface area contributed by atoms with Gasteiger partial charge in [0.2, 0.25) is 5.88 Å². The van der Waals surface area contributed by atoms with Gasteiger partial charge in [0.15, 0.2) is 0 Å². The molecule has 7 heteroatoms. The summed E-state index contributed by atoms with van der Waals surface area (Å²) in [6.45, 7) is 0. The van der Waals surface area contributed by atoms with Gasteiger partial charge in [0.1, 0.15) is 15.5 Å². The van der Waals surface area contributed by atoms with Crippen LogP contribution in [0.2, 0.25) is 0 Å². The number of sulfone groups is 1. The maximum absolute atomic E-state index is 11.2. The lowest BCUT2D eigenvalue weighted by molar-refractivity contribution is 0.382. The number of nitrogens with one attached hydrogen (secondary N) is 1. The van der Waals surface area contributed by atoms with Crippen LogP contribution in [0.3, 0.4) is 0 Å². The molecule has 0 aliphatic rings. The van der Waals surface area contributed by atoms with Crippen LogP contribution in [-0.4, -0.2) is 44.6 Å². The summed E-state index contributed by atoms with van der Waals surface area (Å²) in [5, 5.41) is 2.89. The van der Waals surface area contributed by atoms with Crippen molar-refractivity contribution >= 4 is 9.84 Å². The summed E-state index contributed by atoms with van der Waals surface area (Å²) in [5.41, 5.74) is 0.498. The number of hydrogen-bond acceptors (Lipinski definition) is 6. The van der Waals surface area contributed by atoms with E-state index in [-0.39, 0.29) is 5.75 Å². The quantitative estimate of drug-likeness (QED) is 0.773. The van der Waals surface area contributed by atoms with Crippen LogP contribution in [-0.2, 0) is 9.84 Å². The monoisotopic (exact) mass is 245 g/mol. The summed E-state index contributed by atoms with van der Waals surface area (Å²) in [6, 6.07) is -0.418. The van der Waals surface area contributed by atoms with Crippen molar-refractivity contribution in [2.75, 3.05) is 26.2 Å². The molecule has 6 nitrogen and oxygen atoms in total. The van der Waals surface area contributed by atoms with Crippen molar-refractivity contribution in [2.24, 2.45) is 0 Å². The van der Waals surface area contributed by atoms with Gasteiger partial charge in [-0.25, -0.2) is 13.4 Å². The first-order valence-electron chi connectivity index (χ1n) is 4.68. The Balaban J connectivity index is 3.03. The van der Waals surface area contributed by atoms with Crippen molar-refractivity contribution in [3.05, 3.63) is 18.1 Å². The van der Waals surface area contributed by atoms with Crippen LogP contribution >= 0.6 is 0 Å². The molecule has 1 heterocycles. The first-order chi connectivity index (χ1) is 7.48. The summed E-state index contributed by atoms with van der Waals surface area (Å²) < 4.78 is 27.5. The number of aromatic nitrogens is 2. The van der Waals surface area contributed by atoms with Crippen molar-refractivity contribution in [1.82, 2.24) is 15.3 Å². The molecule has 0 amide bonds. The van der Waals surface area contributed by atoms with Crippen molar-refractivity contribution in [3.63, 3.8) is 0 Å². The normalized spacial score (nSPS) is 13.4. The second-order valence-electron chi connectivity index (χ2n) is 3.38. The topological polar surface area (TPSA) is 81.2 Å². The van der Waals surface area contributed by atoms with Crippen molar-refractivity contribution in [1.29, 1.82) is 0 Å². The molecular formula is C9H15N3O3S. The van der Waals surface area contributed by atoms with E-state index in [1.807, 2.05) is 0 Å². The Bertz CT molecular complexity index is 447. The number of methoxy groups -OCH3 is 1. The Hall–Kier alpha value is -1.21. The molecule has 0 fully saturated rings. The summed E-state index contributed by atoms with van der Waals surface area (Å²) in [6.07, 6.45) is 4.18. The van der Waals surface area contributed by atoms with Crippen molar-refractivity contribution in [2.45, 2.75) is 6.04 Å².